The number of ether oxygens (including phenoxy) is 3. The zero-order valence-electron chi connectivity index (χ0n) is 31.0. The molecule has 4 atom stereocenters. The summed E-state index contributed by atoms with van der Waals surface area (Å²) in [6.07, 6.45) is 16.6. The third-order valence-electron chi connectivity index (χ3n) is 9.88. The van der Waals surface area contributed by atoms with Crippen LogP contribution >= 0.6 is 0 Å². The molecule has 1 aliphatic rings. The summed E-state index contributed by atoms with van der Waals surface area (Å²) in [7, 11) is 0. The van der Waals surface area contributed by atoms with Crippen LogP contribution in [0.2, 0.25) is 0 Å². The molecule has 5 heteroatoms. The Balaban J connectivity index is 1.68. The van der Waals surface area contributed by atoms with Crippen LogP contribution in [0.5, 0.6) is 0 Å². The molecule has 47 heavy (non-hydrogen) atoms. The highest BCUT2D eigenvalue weighted by atomic mass is 16.6. The van der Waals surface area contributed by atoms with Crippen LogP contribution in [0.3, 0.4) is 0 Å². The van der Waals surface area contributed by atoms with Gasteiger partial charge in [0.25, 0.3) is 0 Å². The van der Waals surface area contributed by atoms with Crippen LogP contribution in [-0.2, 0) is 14.2 Å². The van der Waals surface area contributed by atoms with E-state index in [1.165, 1.54) is 51.4 Å². The topological polar surface area (TPSA) is 61.8 Å². The number of carbonyl (C=O) groups excluding carboxylic acids is 2. The molecule has 0 aromatic heterocycles. The first-order chi connectivity index (χ1) is 22.5. The minimum atomic E-state index is -0.331. The van der Waals surface area contributed by atoms with E-state index in [1.54, 1.807) is 0 Å². The summed E-state index contributed by atoms with van der Waals surface area (Å²) < 4.78 is 19.3. The largest absolute Gasteiger partial charge is 0.456 e. The highest BCUT2D eigenvalue weighted by Crippen LogP contribution is 2.33. The zero-order chi connectivity index (χ0) is 34.3. The fraction of sp³-hybridized carbons (Fsp3) is 0.667. The van der Waals surface area contributed by atoms with Crippen molar-refractivity contribution in [2.24, 2.45) is 0 Å². The Morgan fingerprint density at radius 1 is 0.574 bits per heavy atom. The average molecular weight is 649 g/mol. The molecule has 2 aromatic rings. The second-order valence-corrected chi connectivity index (χ2v) is 14.3. The van der Waals surface area contributed by atoms with Gasteiger partial charge in [0.15, 0.2) is 0 Å². The molecule has 5 nitrogen and oxygen atoms in total. The van der Waals surface area contributed by atoms with E-state index >= 15 is 0 Å². The SMILES string of the molecule is CCCCCCCCCCCC[C@@H](OC(=O)c1c(C)cc(C)cc1C)[C@H]1CC[C@H]([C@@H](CCCC)OC(=O)c2c(C)cc(C)cc2C)O1. The molecule has 1 heterocycles. The maximum absolute atomic E-state index is 13.6. The summed E-state index contributed by atoms with van der Waals surface area (Å²) in [6.45, 7) is 16.4. The van der Waals surface area contributed by atoms with Crippen molar-refractivity contribution in [2.75, 3.05) is 0 Å². The van der Waals surface area contributed by atoms with Crippen LogP contribution in [-0.4, -0.2) is 36.4 Å². The second-order valence-electron chi connectivity index (χ2n) is 14.3. The van der Waals surface area contributed by atoms with E-state index in [0.717, 1.165) is 84.7 Å². The maximum atomic E-state index is 13.6. The third-order valence-corrected chi connectivity index (χ3v) is 9.88. The van der Waals surface area contributed by atoms with Crippen LogP contribution < -0.4 is 0 Å². The lowest BCUT2D eigenvalue weighted by Crippen LogP contribution is -2.36. The molecule has 0 N–H and O–H groups in total. The van der Waals surface area contributed by atoms with Crippen LogP contribution in [0.25, 0.3) is 0 Å². The monoisotopic (exact) mass is 648 g/mol. The molecule has 0 radical (unpaired) electrons. The average Bonchev–Trinajstić information content (AvgIpc) is 3.49. The summed E-state index contributed by atoms with van der Waals surface area (Å²) in [5.74, 6) is -0.532. The summed E-state index contributed by atoms with van der Waals surface area (Å²) in [5.41, 5.74) is 7.38. The first kappa shape index (κ1) is 38.8. The normalized spacial score (nSPS) is 17.4. The van der Waals surface area contributed by atoms with Gasteiger partial charge in [-0.15, -0.1) is 0 Å². The van der Waals surface area contributed by atoms with Crippen molar-refractivity contribution in [3.8, 4) is 0 Å². The molecule has 0 bridgehead atoms. The number of hydrogen-bond acceptors (Lipinski definition) is 5. The summed E-state index contributed by atoms with van der Waals surface area (Å²) >= 11 is 0. The number of hydrogen-bond donors (Lipinski definition) is 0. The number of carbonyl (C=O) groups is 2. The van der Waals surface area contributed by atoms with Crippen molar-refractivity contribution in [3.63, 3.8) is 0 Å². The fourth-order valence-electron chi connectivity index (χ4n) is 7.51. The van der Waals surface area contributed by atoms with E-state index in [1.807, 2.05) is 58.9 Å². The molecular weight excluding hydrogens is 584 g/mol. The van der Waals surface area contributed by atoms with E-state index in [9.17, 15) is 9.59 Å². The zero-order valence-corrected chi connectivity index (χ0v) is 31.0. The molecular formula is C42H64O5. The Kier molecular flexibility index (Phi) is 16.5. The van der Waals surface area contributed by atoms with Crippen molar-refractivity contribution < 1.29 is 23.8 Å². The van der Waals surface area contributed by atoms with E-state index in [2.05, 4.69) is 20.8 Å². The molecule has 1 aliphatic heterocycles. The summed E-state index contributed by atoms with van der Waals surface area (Å²) in [6, 6.07) is 8.17. The van der Waals surface area contributed by atoms with Crippen LogP contribution in [0, 0.1) is 41.5 Å². The van der Waals surface area contributed by atoms with E-state index in [-0.39, 0.29) is 36.4 Å². The standard InChI is InChI=1S/C42H64O5/c1-9-11-13-14-15-16-17-18-19-20-22-36(47-42(44)40-33(7)27-30(4)28-34(40)8)38-24-23-37(45-38)35(21-12-10-2)46-41(43)39-31(5)25-29(3)26-32(39)6/h25-28,35-38H,9-24H2,1-8H3/t35-,36-,37-,38-/m1/s1. The molecule has 0 amide bonds. The van der Waals surface area contributed by atoms with Gasteiger partial charge in [0, 0.05) is 0 Å². The molecule has 0 saturated carbocycles. The number of esters is 2. The van der Waals surface area contributed by atoms with Crippen molar-refractivity contribution >= 4 is 11.9 Å². The van der Waals surface area contributed by atoms with Crippen LogP contribution in [0.15, 0.2) is 24.3 Å². The molecule has 262 valence electrons. The van der Waals surface area contributed by atoms with Gasteiger partial charge in [-0.1, -0.05) is 113 Å². The first-order valence-electron chi connectivity index (χ1n) is 18.8. The summed E-state index contributed by atoms with van der Waals surface area (Å²) in [4.78, 5) is 27.1. The van der Waals surface area contributed by atoms with Gasteiger partial charge in [0.05, 0.1) is 23.3 Å². The van der Waals surface area contributed by atoms with Crippen molar-refractivity contribution in [1.29, 1.82) is 0 Å². The molecule has 1 saturated heterocycles. The lowest BCUT2D eigenvalue weighted by Gasteiger charge is -2.28. The number of benzene rings is 2. The van der Waals surface area contributed by atoms with Crippen molar-refractivity contribution in [3.05, 3.63) is 68.8 Å². The summed E-state index contributed by atoms with van der Waals surface area (Å²) in [5, 5.41) is 0. The lowest BCUT2D eigenvalue weighted by molar-refractivity contribution is -0.0893. The van der Waals surface area contributed by atoms with Crippen molar-refractivity contribution in [1.82, 2.24) is 0 Å². The molecule has 0 unspecified atom stereocenters. The predicted octanol–water partition coefficient (Wildman–Crippen LogP) is 11.3. The fourth-order valence-corrected chi connectivity index (χ4v) is 7.51. The van der Waals surface area contributed by atoms with Gasteiger partial charge in [0.2, 0.25) is 0 Å². The van der Waals surface area contributed by atoms with Gasteiger partial charge in [0.1, 0.15) is 12.2 Å². The Morgan fingerprint density at radius 2 is 0.915 bits per heavy atom. The minimum Gasteiger partial charge on any atom is -0.456 e. The van der Waals surface area contributed by atoms with E-state index in [4.69, 9.17) is 14.2 Å². The van der Waals surface area contributed by atoms with Gasteiger partial charge in [-0.3, -0.25) is 0 Å². The van der Waals surface area contributed by atoms with Crippen LogP contribution in [0.1, 0.15) is 171 Å². The first-order valence-corrected chi connectivity index (χ1v) is 18.8. The molecule has 0 aliphatic carbocycles. The lowest BCUT2D eigenvalue weighted by atomic mass is 9.98. The Hall–Kier alpha value is -2.66. The van der Waals surface area contributed by atoms with Gasteiger partial charge >= 0.3 is 11.9 Å². The third kappa shape index (κ3) is 12.1. The second kappa shape index (κ2) is 20.0. The van der Waals surface area contributed by atoms with Gasteiger partial charge < -0.3 is 14.2 Å². The van der Waals surface area contributed by atoms with E-state index in [0.29, 0.717) is 11.1 Å². The Labute approximate surface area is 286 Å². The maximum Gasteiger partial charge on any atom is 0.339 e. The van der Waals surface area contributed by atoms with Crippen molar-refractivity contribution in [2.45, 2.75) is 183 Å². The molecule has 1 fully saturated rings. The van der Waals surface area contributed by atoms with Crippen LogP contribution in [0.4, 0.5) is 0 Å². The number of unbranched alkanes of at least 4 members (excludes halogenated alkanes) is 10. The van der Waals surface area contributed by atoms with Gasteiger partial charge in [-0.25, -0.2) is 9.59 Å². The molecule has 2 aromatic carbocycles. The quantitative estimate of drug-likeness (QED) is 0.106. The molecule has 3 rings (SSSR count). The highest BCUT2D eigenvalue weighted by molar-refractivity contribution is 5.93. The smallest absolute Gasteiger partial charge is 0.339 e. The van der Waals surface area contributed by atoms with E-state index < -0.39 is 0 Å². The van der Waals surface area contributed by atoms with Gasteiger partial charge in [-0.2, -0.15) is 0 Å². The number of aryl methyl sites for hydroxylation is 6. The highest BCUT2D eigenvalue weighted by Gasteiger charge is 2.39. The molecule has 0 spiro atoms. The van der Waals surface area contributed by atoms with Gasteiger partial charge in [-0.05, 0) is 102 Å². The number of rotatable bonds is 20. The Bertz CT molecular complexity index is 1230. The predicted molar refractivity (Wildman–Crippen MR) is 194 cm³/mol. The Morgan fingerprint density at radius 3 is 1.30 bits per heavy atom. The minimum absolute atomic E-state index is 0.209.